The van der Waals surface area contributed by atoms with Crippen LogP contribution in [0, 0.1) is 18.8 Å². The Kier molecular flexibility index (Phi) is 4.67. The molecule has 0 bridgehead atoms. The SMILES string of the molecule is CCc1nc(C2(N)CCCC(C(C)C)CC2)sc1C. The van der Waals surface area contributed by atoms with Crippen LogP contribution in [0.3, 0.4) is 0 Å². The first-order valence-electron chi connectivity index (χ1n) is 7.72. The fraction of sp³-hybridized carbons (Fsp3) is 0.812. The van der Waals surface area contributed by atoms with Gasteiger partial charge in [0.1, 0.15) is 5.01 Å². The number of hydrogen-bond donors (Lipinski definition) is 1. The largest absolute Gasteiger partial charge is 0.319 e. The Morgan fingerprint density at radius 3 is 2.68 bits per heavy atom. The van der Waals surface area contributed by atoms with Crippen molar-refractivity contribution in [1.82, 2.24) is 4.98 Å². The third-order valence-corrected chi connectivity index (χ3v) is 5.99. The summed E-state index contributed by atoms with van der Waals surface area (Å²) in [6, 6.07) is 0. The van der Waals surface area contributed by atoms with Gasteiger partial charge >= 0.3 is 0 Å². The summed E-state index contributed by atoms with van der Waals surface area (Å²) in [6.45, 7) is 9.04. The first-order valence-corrected chi connectivity index (χ1v) is 8.53. The van der Waals surface area contributed by atoms with Crippen molar-refractivity contribution in [3.63, 3.8) is 0 Å². The Balaban J connectivity index is 2.17. The highest BCUT2D eigenvalue weighted by atomic mass is 32.1. The van der Waals surface area contributed by atoms with E-state index >= 15 is 0 Å². The minimum absolute atomic E-state index is 0.160. The van der Waals surface area contributed by atoms with Gasteiger partial charge in [0.25, 0.3) is 0 Å². The molecule has 1 aromatic heterocycles. The van der Waals surface area contributed by atoms with Crippen molar-refractivity contribution >= 4 is 11.3 Å². The number of aryl methyl sites for hydroxylation is 2. The van der Waals surface area contributed by atoms with E-state index in [-0.39, 0.29) is 5.54 Å². The van der Waals surface area contributed by atoms with Gasteiger partial charge in [-0.2, -0.15) is 0 Å². The van der Waals surface area contributed by atoms with Gasteiger partial charge in [-0.15, -0.1) is 11.3 Å². The van der Waals surface area contributed by atoms with Crippen molar-refractivity contribution in [2.45, 2.75) is 71.8 Å². The monoisotopic (exact) mass is 280 g/mol. The molecule has 1 heterocycles. The van der Waals surface area contributed by atoms with Crippen LogP contribution in [0.25, 0.3) is 0 Å². The first kappa shape index (κ1) is 15.0. The number of rotatable bonds is 3. The lowest BCUT2D eigenvalue weighted by molar-refractivity contribution is 0.325. The Labute approximate surface area is 121 Å². The second-order valence-corrected chi connectivity index (χ2v) is 7.67. The van der Waals surface area contributed by atoms with Gasteiger partial charge < -0.3 is 5.73 Å². The van der Waals surface area contributed by atoms with E-state index in [1.807, 2.05) is 11.3 Å². The fourth-order valence-corrected chi connectivity index (χ4v) is 4.40. The molecular weight excluding hydrogens is 252 g/mol. The van der Waals surface area contributed by atoms with Crippen LogP contribution in [-0.2, 0) is 12.0 Å². The lowest BCUT2D eigenvalue weighted by atomic mass is 9.87. The molecule has 0 spiro atoms. The molecule has 0 aliphatic heterocycles. The van der Waals surface area contributed by atoms with Crippen molar-refractivity contribution in [2.75, 3.05) is 0 Å². The Morgan fingerprint density at radius 2 is 2.11 bits per heavy atom. The number of thiazole rings is 1. The minimum atomic E-state index is -0.160. The Bertz CT molecular complexity index is 424. The Hall–Kier alpha value is -0.410. The topological polar surface area (TPSA) is 38.9 Å². The molecule has 1 aromatic rings. The van der Waals surface area contributed by atoms with Crippen molar-refractivity contribution < 1.29 is 0 Å². The molecule has 2 nitrogen and oxygen atoms in total. The molecule has 0 saturated heterocycles. The summed E-state index contributed by atoms with van der Waals surface area (Å²) in [6.07, 6.45) is 7.07. The van der Waals surface area contributed by atoms with E-state index in [0.717, 1.165) is 31.1 Å². The predicted molar refractivity (Wildman–Crippen MR) is 83.5 cm³/mol. The number of aromatic nitrogens is 1. The average molecular weight is 280 g/mol. The quantitative estimate of drug-likeness (QED) is 0.833. The van der Waals surface area contributed by atoms with Crippen LogP contribution in [0.1, 0.15) is 68.5 Å². The van der Waals surface area contributed by atoms with E-state index in [4.69, 9.17) is 10.7 Å². The molecule has 0 aromatic carbocycles. The van der Waals surface area contributed by atoms with Crippen LogP contribution < -0.4 is 5.73 Å². The van der Waals surface area contributed by atoms with Crippen LogP contribution >= 0.6 is 11.3 Å². The summed E-state index contributed by atoms with van der Waals surface area (Å²) in [5, 5.41) is 1.19. The highest BCUT2D eigenvalue weighted by Crippen LogP contribution is 2.40. The maximum Gasteiger partial charge on any atom is 0.113 e. The van der Waals surface area contributed by atoms with Gasteiger partial charge in [0.2, 0.25) is 0 Å². The molecule has 1 saturated carbocycles. The van der Waals surface area contributed by atoms with Crippen LogP contribution in [0.5, 0.6) is 0 Å². The maximum absolute atomic E-state index is 6.73. The van der Waals surface area contributed by atoms with Crippen molar-refractivity contribution in [1.29, 1.82) is 0 Å². The van der Waals surface area contributed by atoms with E-state index in [2.05, 4.69) is 27.7 Å². The fourth-order valence-electron chi connectivity index (χ4n) is 3.24. The van der Waals surface area contributed by atoms with Gasteiger partial charge in [-0.1, -0.05) is 33.6 Å². The van der Waals surface area contributed by atoms with Gasteiger partial charge in [-0.3, -0.25) is 0 Å². The molecule has 1 aliphatic carbocycles. The van der Waals surface area contributed by atoms with Crippen molar-refractivity contribution in [2.24, 2.45) is 17.6 Å². The van der Waals surface area contributed by atoms with Gasteiger partial charge in [0.05, 0.1) is 11.2 Å². The second kappa shape index (κ2) is 5.92. The van der Waals surface area contributed by atoms with Crippen LogP contribution in [0.2, 0.25) is 0 Å². The van der Waals surface area contributed by atoms with Gasteiger partial charge in [-0.25, -0.2) is 4.98 Å². The highest BCUT2D eigenvalue weighted by molar-refractivity contribution is 7.11. The zero-order valence-electron chi connectivity index (χ0n) is 12.8. The lowest BCUT2D eigenvalue weighted by Crippen LogP contribution is -2.36. The number of nitrogens with two attached hydrogens (primary N) is 1. The van der Waals surface area contributed by atoms with Crippen LogP contribution in [-0.4, -0.2) is 4.98 Å². The second-order valence-electron chi connectivity index (χ2n) is 6.47. The van der Waals surface area contributed by atoms with Crippen LogP contribution in [0.4, 0.5) is 0 Å². The summed E-state index contributed by atoms with van der Waals surface area (Å²) in [5.74, 6) is 1.63. The molecular formula is C16H28N2S. The summed E-state index contributed by atoms with van der Waals surface area (Å²) < 4.78 is 0. The normalized spacial score (nSPS) is 28.6. The minimum Gasteiger partial charge on any atom is -0.319 e. The molecule has 108 valence electrons. The predicted octanol–water partition coefficient (Wildman–Crippen LogP) is 4.40. The molecule has 2 N–H and O–H groups in total. The van der Waals surface area contributed by atoms with Crippen molar-refractivity contribution in [3.8, 4) is 0 Å². The lowest BCUT2D eigenvalue weighted by Gasteiger charge is -2.26. The molecule has 0 radical (unpaired) electrons. The molecule has 19 heavy (non-hydrogen) atoms. The van der Waals surface area contributed by atoms with Crippen molar-refractivity contribution in [3.05, 3.63) is 15.6 Å². The maximum atomic E-state index is 6.73. The number of hydrogen-bond acceptors (Lipinski definition) is 3. The summed E-state index contributed by atoms with van der Waals surface area (Å²) in [4.78, 5) is 6.18. The summed E-state index contributed by atoms with van der Waals surface area (Å²) in [7, 11) is 0. The molecule has 2 rings (SSSR count). The van der Waals surface area contributed by atoms with Crippen LogP contribution in [0.15, 0.2) is 0 Å². The van der Waals surface area contributed by atoms with Gasteiger partial charge in [0, 0.05) is 4.88 Å². The molecule has 1 aliphatic rings. The first-order chi connectivity index (χ1) is 8.96. The standard InChI is InChI=1S/C16H28N2S/c1-5-14-12(4)19-15(18-14)16(17)9-6-7-13(8-10-16)11(2)3/h11,13H,5-10,17H2,1-4H3. The summed E-state index contributed by atoms with van der Waals surface area (Å²) in [5.41, 5.74) is 7.81. The zero-order valence-corrected chi connectivity index (χ0v) is 13.6. The third kappa shape index (κ3) is 3.19. The zero-order chi connectivity index (χ0) is 14.0. The molecule has 1 fully saturated rings. The molecule has 2 atom stereocenters. The third-order valence-electron chi connectivity index (χ3n) is 4.76. The van der Waals surface area contributed by atoms with Gasteiger partial charge in [0.15, 0.2) is 0 Å². The van der Waals surface area contributed by atoms with Gasteiger partial charge in [-0.05, 0) is 44.4 Å². The van der Waals surface area contributed by atoms with E-state index in [1.54, 1.807) is 0 Å². The molecule has 3 heteroatoms. The van der Waals surface area contributed by atoms with E-state index in [1.165, 1.54) is 34.8 Å². The average Bonchev–Trinajstić information content (AvgIpc) is 2.62. The smallest absolute Gasteiger partial charge is 0.113 e. The Morgan fingerprint density at radius 1 is 1.37 bits per heavy atom. The molecule has 0 amide bonds. The summed E-state index contributed by atoms with van der Waals surface area (Å²) >= 11 is 1.83. The van der Waals surface area contributed by atoms with E-state index in [9.17, 15) is 0 Å². The van der Waals surface area contributed by atoms with E-state index < -0.39 is 0 Å². The molecule has 2 unspecified atom stereocenters. The number of nitrogens with zero attached hydrogens (tertiary/aromatic N) is 1. The highest BCUT2D eigenvalue weighted by Gasteiger charge is 2.34. The van der Waals surface area contributed by atoms with E-state index in [0.29, 0.717) is 0 Å².